The van der Waals surface area contributed by atoms with Crippen LogP contribution in [0, 0.1) is 0 Å². The quantitative estimate of drug-likeness (QED) is 0.249. The van der Waals surface area contributed by atoms with Gasteiger partial charge < -0.3 is 15.0 Å². The molecule has 0 saturated heterocycles. The van der Waals surface area contributed by atoms with Crippen molar-refractivity contribution in [2.75, 3.05) is 7.11 Å². The van der Waals surface area contributed by atoms with Gasteiger partial charge in [-0.1, -0.05) is 60.7 Å². The number of esters is 2. The smallest absolute Gasteiger partial charge is 0.442 e. The zero-order valence-corrected chi connectivity index (χ0v) is 14.0. The van der Waals surface area contributed by atoms with E-state index in [2.05, 4.69) is 9.53 Å². The van der Waals surface area contributed by atoms with Crippen LogP contribution in [-0.4, -0.2) is 35.3 Å². The molecule has 0 atom stereocenters. The zero-order chi connectivity index (χ0) is 18.9. The lowest BCUT2D eigenvalue weighted by Crippen LogP contribution is -2.29. The summed E-state index contributed by atoms with van der Waals surface area (Å²) in [6.07, 6.45) is -1.48. The summed E-state index contributed by atoms with van der Waals surface area (Å²) in [5.74, 6) is -2.99. The van der Waals surface area contributed by atoms with Gasteiger partial charge in [0.15, 0.2) is 6.10 Å². The summed E-state index contributed by atoms with van der Waals surface area (Å²) < 4.78 is 9.78. The molecule has 0 heterocycles. The van der Waals surface area contributed by atoms with Gasteiger partial charge in [-0.3, -0.25) is 9.59 Å². The van der Waals surface area contributed by atoms with Gasteiger partial charge in [0.25, 0.3) is 5.78 Å². The van der Waals surface area contributed by atoms with Gasteiger partial charge in [-0.25, -0.2) is 4.79 Å². The highest BCUT2D eigenvalue weighted by Gasteiger charge is 2.33. The van der Waals surface area contributed by atoms with Crippen LogP contribution in [0.5, 0.6) is 0 Å². The summed E-state index contributed by atoms with van der Waals surface area (Å²) >= 11 is 0. The largest absolute Gasteiger partial charge is 0.460 e. The third-order valence-electron chi connectivity index (χ3n) is 3.50. The van der Waals surface area contributed by atoms with E-state index in [0.717, 1.165) is 18.2 Å². The van der Waals surface area contributed by atoms with Crippen molar-refractivity contribution in [2.45, 2.75) is 12.5 Å². The average molecular weight is 352 g/mol. The lowest BCUT2D eigenvalue weighted by atomic mass is 10.0. The highest BCUT2D eigenvalue weighted by Crippen LogP contribution is 2.26. The van der Waals surface area contributed by atoms with Gasteiger partial charge in [-0.15, -0.1) is 0 Å². The fraction of sp³-hybridized carbons (Fsp3) is 0.158. The van der Waals surface area contributed by atoms with Crippen LogP contribution in [-0.2, 0) is 23.9 Å². The van der Waals surface area contributed by atoms with Gasteiger partial charge in [-0.05, 0) is 11.1 Å². The Hall–Kier alpha value is -3.57. The molecule has 132 valence electrons. The Balaban J connectivity index is 2.19. The Labute approximate surface area is 149 Å². The molecule has 2 aromatic rings. The summed E-state index contributed by atoms with van der Waals surface area (Å²) in [6.45, 7) is 0. The Kier molecular flexibility index (Phi) is 6.53. The van der Waals surface area contributed by atoms with Crippen LogP contribution < -0.4 is 0 Å². The van der Waals surface area contributed by atoms with Gasteiger partial charge in [0.1, 0.15) is 6.42 Å². The van der Waals surface area contributed by atoms with Crippen molar-refractivity contribution in [1.29, 1.82) is 0 Å². The number of carbonyl (C=O) groups excluding carboxylic acids is 3. The minimum Gasteiger partial charge on any atom is -0.460 e. The molecule has 0 fully saturated rings. The second kappa shape index (κ2) is 9.05. The van der Waals surface area contributed by atoms with E-state index in [1.54, 1.807) is 48.5 Å². The van der Waals surface area contributed by atoms with Crippen LogP contribution in [0.2, 0.25) is 0 Å². The number of hydrogen-bond acceptors (Lipinski definition) is 5. The van der Waals surface area contributed by atoms with Gasteiger partial charge in [0, 0.05) is 0 Å². The second-order valence-corrected chi connectivity index (χ2v) is 5.23. The van der Waals surface area contributed by atoms with Crippen LogP contribution in [0.1, 0.15) is 23.7 Å². The first-order valence-electron chi connectivity index (χ1n) is 7.69. The van der Waals surface area contributed by atoms with Crippen molar-refractivity contribution in [2.24, 2.45) is 0 Å². The Morgan fingerprint density at radius 2 is 1.46 bits per heavy atom. The molecule has 7 nitrogen and oxygen atoms in total. The molecular formula is C19H16N2O5. The molecular weight excluding hydrogens is 336 g/mol. The first-order valence-corrected chi connectivity index (χ1v) is 7.69. The summed E-state index contributed by atoms with van der Waals surface area (Å²) in [7, 11) is 1.03. The molecule has 26 heavy (non-hydrogen) atoms. The molecule has 0 aliphatic carbocycles. The Morgan fingerprint density at radius 1 is 0.962 bits per heavy atom. The molecule has 2 aromatic carbocycles. The molecule has 0 unspecified atom stereocenters. The first kappa shape index (κ1) is 18.8. The summed E-state index contributed by atoms with van der Waals surface area (Å²) in [4.78, 5) is 38.1. The number of carbonyl (C=O) groups is 3. The molecule has 0 amide bonds. The Bertz CT molecular complexity index is 803. The van der Waals surface area contributed by atoms with Gasteiger partial charge in [0.2, 0.25) is 0 Å². The summed E-state index contributed by atoms with van der Waals surface area (Å²) in [5, 5.41) is 0. The average Bonchev–Trinajstić information content (AvgIpc) is 2.67. The molecule has 0 aromatic heterocycles. The lowest BCUT2D eigenvalue weighted by molar-refractivity contribution is -0.149. The number of nitrogens with zero attached hydrogens (tertiary/aromatic N) is 2. The van der Waals surface area contributed by atoms with Crippen LogP contribution in [0.3, 0.4) is 0 Å². The maximum Gasteiger partial charge on any atom is 0.442 e. The van der Waals surface area contributed by atoms with Crippen LogP contribution in [0.4, 0.5) is 0 Å². The minimum atomic E-state index is -1.13. The van der Waals surface area contributed by atoms with Gasteiger partial charge in [0.05, 0.1) is 7.11 Å². The number of hydrogen-bond donors (Lipinski definition) is 0. The predicted molar refractivity (Wildman–Crippen MR) is 91.1 cm³/mol. The van der Waals surface area contributed by atoms with E-state index < -0.39 is 36.0 Å². The third kappa shape index (κ3) is 4.72. The topological polar surface area (TPSA) is 106 Å². The number of ketones is 1. The molecule has 0 N–H and O–H groups in total. The van der Waals surface area contributed by atoms with Crippen molar-refractivity contribution in [3.63, 3.8) is 0 Å². The standard InChI is InChI=1S/C19H16N2O5/c1-25-19(24)17(21-20)15(22)12-16(23)26-18(13-8-4-2-5-9-13)14-10-6-3-7-11-14/h2-11,18H,12H2,1H3. The van der Waals surface area contributed by atoms with Crippen molar-refractivity contribution in [1.82, 2.24) is 0 Å². The molecule has 0 saturated carbocycles. The maximum atomic E-state index is 12.2. The fourth-order valence-electron chi connectivity index (χ4n) is 2.28. The normalized spacial score (nSPS) is 9.92. The van der Waals surface area contributed by atoms with Crippen LogP contribution in [0.15, 0.2) is 60.7 Å². The first-order chi connectivity index (χ1) is 12.6. The van der Waals surface area contributed by atoms with E-state index in [4.69, 9.17) is 10.3 Å². The fourth-order valence-corrected chi connectivity index (χ4v) is 2.28. The molecule has 7 heteroatoms. The van der Waals surface area contributed by atoms with Crippen molar-refractivity contribution >= 4 is 23.4 Å². The SMILES string of the molecule is COC(=O)C(=[N+]=[N-])C(=O)CC(=O)OC(c1ccccc1)c1ccccc1. The molecule has 0 bridgehead atoms. The van der Waals surface area contributed by atoms with E-state index >= 15 is 0 Å². The third-order valence-corrected chi connectivity index (χ3v) is 3.50. The highest BCUT2D eigenvalue weighted by atomic mass is 16.5. The van der Waals surface area contributed by atoms with Crippen LogP contribution in [0.25, 0.3) is 5.53 Å². The number of methoxy groups -OCH3 is 1. The van der Waals surface area contributed by atoms with E-state index in [-0.39, 0.29) is 0 Å². The number of Topliss-reactive ketones (excluding diaryl/α,β-unsaturated/α-hetero) is 1. The molecule has 2 rings (SSSR count). The van der Waals surface area contributed by atoms with Crippen LogP contribution >= 0.6 is 0 Å². The Morgan fingerprint density at radius 3 is 1.88 bits per heavy atom. The zero-order valence-electron chi connectivity index (χ0n) is 14.0. The van der Waals surface area contributed by atoms with Gasteiger partial charge in [-0.2, -0.15) is 4.79 Å². The number of benzene rings is 2. The minimum absolute atomic E-state index is 0.717. The number of rotatable bonds is 7. The van der Waals surface area contributed by atoms with E-state index in [1.807, 2.05) is 12.1 Å². The molecule has 0 spiro atoms. The highest BCUT2D eigenvalue weighted by molar-refractivity contribution is 6.63. The van der Waals surface area contributed by atoms with E-state index in [9.17, 15) is 14.4 Å². The lowest BCUT2D eigenvalue weighted by Gasteiger charge is -2.18. The van der Waals surface area contributed by atoms with E-state index in [0.29, 0.717) is 0 Å². The van der Waals surface area contributed by atoms with Crippen molar-refractivity contribution < 1.29 is 28.6 Å². The predicted octanol–water partition coefficient (Wildman–Crippen LogP) is 2.12. The van der Waals surface area contributed by atoms with Crippen molar-refractivity contribution in [3.05, 3.63) is 77.3 Å². The maximum absolute atomic E-state index is 12.2. The van der Waals surface area contributed by atoms with Crippen molar-refractivity contribution in [3.8, 4) is 0 Å². The number of ether oxygens (including phenoxy) is 2. The summed E-state index contributed by atoms with van der Waals surface area (Å²) in [6, 6.07) is 18.0. The monoisotopic (exact) mass is 352 g/mol. The second-order valence-electron chi connectivity index (χ2n) is 5.23. The molecule has 0 radical (unpaired) electrons. The van der Waals surface area contributed by atoms with Gasteiger partial charge >= 0.3 is 17.7 Å². The van der Waals surface area contributed by atoms with E-state index in [1.165, 1.54) is 0 Å². The molecule has 0 aliphatic rings. The molecule has 0 aliphatic heterocycles. The summed E-state index contributed by atoms with van der Waals surface area (Å²) in [5.41, 5.74) is 9.35.